The van der Waals surface area contributed by atoms with Crippen LogP contribution < -0.4 is 5.32 Å². The zero-order valence-corrected chi connectivity index (χ0v) is 14.9. The highest BCUT2D eigenvalue weighted by atomic mass is 19.1. The van der Waals surface area contributed by atoms with Crippen LogP contribution in [-0.2, 0) is 9.53 Å². The molecule has 1 aliphatic rings. The van der Waals surface area contributed by atoms with Gasteiger partial charge in [0.2, 0.25) is 5.91 Å². The maximum absolute atomic E-state index is 13.3. The molecule has 1 amide bonds. The second-order valence-electron chi connectivity index (χ2n) is 6.35. The van der Waals surface area contributed by atoms with Crippen LogP contribution in [0.3, 0.4) is 0 Å². The zero-order valence-electron chi connectivity index (χ0n) is 14.9. The number of ether oxygens (including phenoxy) is 1. The van der Waals surface area contributed by atoms with Gasteiger partial charge in [0.15, 0.2) is 0 Å². The lowest BCUT2D eigenvalue weighted by Gasteiger charge is -2.34. The number of amides is 1. The van der Waals surface area contributed by atoms with Gasteiger partial charge in [-0.25, -0.2) is 8.78 Å². The molecule has 4 nitrogen and oxygen atoms in total. The lowest BCUT2D eigenvalue weighted by Crippen LogP contribution is -2.43. The molecule has 2 aromatic carbocycles. The van der Waals surface area contributed by atoms with Crippen molar-refractivity contribution in [2.24, 2.45) is 0 Å². The smallest absolute Gasteiger partial charge is 0.244 e. The van der Waals surface area contributed by atoms with Gasteiger partial charge >= 0.3 is 0 Å². The van der Waals surface area contributed by atoms with Crippen molar-refractivity contribution >= 4 is 12.0 Å². The second kappa shape index (κ2) is 9.39. The van der Waals surface area contributed by atoms with Crippen LogP contribution in [0.15, 0.2) is 54.6 Å². The number of nitrogens with zero attached hydrogens (tertiary/aromatic N) is 1. The fourth-order valence-electron chi connectivity index (χ4n) is 3.03. The number of halogens is 2. The Kier molecular flexibility index (Phi) is 6.68. The molecule has 0 bridgehead atoms. The van der Waals surface area contributed by atoms with Gasteiger partial charge < -0.3 is 10.1 Å². The van der Waals surface area contributed by atoms with Crippen molar-refractivity contribution in [3.63, 3.8) is 0 Å². The molecule has 1 heterocycles. The number of morpholine rings is 1. The third-order valence-corrected chi connectivity index (χ3v) is 4.51. The van der Waals surface area contributed by atoms with Crippen molar-refractivity contribution in [1.82, 2.24) is 10.2 Å². The van der Waals surface area contributed by atoms with Crippen LogP contribution in [-0.4, -0.2) is 43.7 Å². The van der Waals surface area contributed by atoms with Crippen molar-refractivity contribution < 1.29 is 18.3 Å². The summed E-state index contributed by atoms with van der Waals surface area (Å²) in [6, 6.07) is 12.2. The van der Waals surface area contributed by atoms with Crippen LogP contribution in [0.4, 0.5) is 8.78 Å². The summed E-state index contributed by atoms with van der Waals surface area (Å²) in [5.41, 5.74) is 1.69. The van der Waals surface area contributed by atoms with Gasteiger partial charge in [-0.2, -0.15) is 0 Å². The summed E-state index contributed by atoms with van der Waals surface area (Å²) < 4.78 is 31.6. The van der Waals surface area contributed by atoms with E-state index in [-0.39, 0.29) is 23.6 Å². The highest BCUT2D eigenvalue weighted by Gasteiger charge is 2.23. The molecule has 27 heavy (non-hydrogen) atoms. The predicted octanol–water partition coefficient (Wildman–Crippen LogP) is 3.17. The van der Waals surface area contributed by atoms with Gasteiger partial charge in [0, 0.05) is 25.7 Å². The Bertz CT molecular complexity index is 770. The van der Waals surface area contributed by atoms with Crippen molar-refractivity contribution in [3.8, 4) is 0 Å². The van der Waals surface area contributed by atoms with E-state index < -0.39 is 0 Å². The van der Waals surface area contributed by atoms with E-state index in [9.17, 15) is 13.6 Å². The van der Waals surface area contributed by atoms with E-state index in [1.54, 1.807) is 30.3 Å². The SMILES string of the molecule is O=C(/C=C/c1ccc(F)cc1)NC[C@@H](c1ccc(F)cc1)N1CCOCC1. The summed E-state index contributed by atoms with van der Waals surface area (Å²) in [4.78, 5) is 14.4. The molecule has 142 valence electrons. The predicted molar refractivity (Wildman–Crippen MR) is 100.0 cm³/mol. The third-order valence-electron chi connectivity index (χ3n) is 4.51. The largest absolute Gasteiger partial charge is 0.379 e. The fraction of sp³-hybridized carbons (Fsp3) is 0.286. The highest BCUT2D eigenvalue weighted by Crippen LogP contribution is 2.21. The molecule has 0 aliphatic carbocycles. The Hall–Kier alpha value is -2.57. The van der Waals surface area contributed by atoms with Crippen LogP contribution in [0.5, 0.6) is 0 Å². The molecule has 0 spiro atoms. The van der Waals surface area contributed by atoms with Crippen LogP contribution in [0.25, 0.3) is 6.08 Å². The topological polar surface area (TPSA) is 41.6 Å². The molecular formula is C21H22F2N2O2. The van der Waals surface area contributed by atoms with Gasteiger partial charge in [0.25, 0.3) is 0 Å². The first-order valence-corrected chi connectivity index (χ1v) is 8.90. The van der Waals surface area contributed by atoms with E-state index in [1.165, 1.54) is 30.3 Å². The molecule has 1 N–H and O–H groups in total. The summed E-state index contributed by atoms with van der Waals surface area (Å²) in [7, 11) is 0. The van der Waals surface area contributed by atoms with Crippen molar-refractivity contribution in [2.75, 3.05) is 32.8 Å². The highest BCUT2D eigenvalue weighted by molar-refractivity contribution is 5.91. The van der Waals surface area contributed by atoms with Crippen molar-refractivity contribution in [3.05, 3.63) is 77.4 Å². The molecule has 0 unspecified atom stereocenters. The zero-order chi connectivity index (χ0) is 19.1. The Morgan fingerprint density at radius 1 is 1.04 bits per heavy atom. The van der Waals surface area contributed by atoms with Crippen LogP contribution in [0.2, 0.25) is 0 Å². The number of carbonyl (C=O) groups is 1. The maximum atomic E-state index is 13.3. The van der Waals surface area contributed by atoms with E-state index in [4.69, 9.17) is 4.74 Å². The molecule has 1 atom stereocenters. The minimum atomic E-state index is -0.316. The third kappa shape index (κ3) is 5.70. The summed E-state index contributed by atoms with van der Waals surface area (Å²) in [6.45, 7) is 3.18. The number of benzene rings is 2. The summed E-state index contributed by atoms with van der Waals surface area (Å²) >= 11 is 0. The molecule has 1 saturated heterocycles. The average Bonchev–Trinajstić information content (AvgIpc) is 2.70. The number of hydrogen-bond acceptors (Lipinski definition) is 3. The number of carbonyl (C=O) groups excluding carboxylic acids is 1. The lowest BCUT2D eigenvalue weighted by atomic mass is 10.0. The quantitative estimate of drug-likeness (QED) is 0.792. The molecule has 0 saturated carbocycles. The molecule has 3 rings (SSSR count). The van der Waals surface area contributed by atoms with Gasteiger partial charge in [-0.3, -0.25) is 9.69 Å². The fourth-order valence-corrected chi connectivity index (χ4v) is 3.03. The number of nitrogens with one attached hydrogen (secondary N) is 1. The molecule has 6 heteroatoms. The summed E-state index contributed by atoms with van der Waals surface area (Å²) in [6.07, 6.45) is 3.06. The average molecular weight is 372 g/mol. The first kappa shape index (κ1) is 19.2. The van der Waals surface area contributed by atoms with Crippen LogP contribution in [0.1, 0.15) is 17.2 Å². The Labute approximate surface area is 157 Å². The molecule has 0 radical (unpaired) electrons. The first-order valence-electron chi connectivity index (χ1n) is 8.90. The Morgan fingerprint density at radius 3 is 2.26 bits per heavy atom. The summed E-state index contributed by atoms with van der Waals surface area (Å²) in [5.74, 6) is -0.838. The number of rotatable bonds is 6. The molecule has 0 aromatic heterocycles. The second-order valence-corrected chi connectivity index (χ2v) is 6.35. The number of hydrogen-bond donors (Lipinski definition) is 1. The molecule has 1 aliphatic heterocycles. The van der Waals surface area contributed by atoms with E-state index in [1.807, 2.05) is 0 Å². The molecular weight excluding hydrogens is 350 g/mol. The van der Waals surface area contributed by atoms with Crippen LogP contribution in [0, 0.1) is 11.6 Å². The standard InChI is InChI=1S/C21H22F2N2O2/c22-18-6-1-16(2-7-18)3-10-21(26)24-15-20(25-11-13-27-14-12-25)17-4-8-19(23)9-5-17/h1-10,20H,11-15H2,(H,24,26)/b10-3+/t20-/m0/s1. The Balaban J connectivity index is 1.63. The summed E-state index contributed by atoms with van der Waals surface area (Å²) in [5, 5.41) is 2.90. The van der Waals surface area contributed by atoms with E-state index >= 15 is 0 Å². The van der Waals surface area contributed by atoms with E-state index in [0.717, 1.165) is 24.2 Å². The minimum absolute atomic E-state index is 0.0577. The van der Waals surface area contributed by atoms with Gasteiger partial charge in [0.05, 0.1) is 19.3 Å². The van der Waals surface area contributed by atoms with Gasteiger partial charge in [0.1, 0.15) is 11.6 Å². The lowest BCUT2D eigenvalue weighted by molar-refractivity contribution is -0.116. The maximum Gasteiger partial charge on any atom is 0.244 e. The van der Waals surface area contributed by atoms with Crippen LogP contribution >= 0.6 is 0 Å². The minimum Gasteiger partial charge on any atom is -0.379 e. The van der Waals surface area contributed by atoms with Gasteiger partial charge in [-0.05, 0) is 41.5 Å². The normalized spacial score (nSPS) is 16.4. The van der Waals surface area contributed by atoms with Gasteiger partial charge in [-0.1, -0.05) is 24.3 Å². The van der Waals surface area contributed by atoms with Crippen molar-refractivity contribution in [1.29, 1.82) is 0 Å². The molecule has 1 fully saturated rings. The first-order chi connectivity index (χ1) is 13.1. The van der Waals surface area contributed by atoms with Crippen molar-refractivity contribution in [2.45, 2.75) is 6.04 Å². The molecule has 2 aromatic rings. The Morgan fingerprint density at radius 2 is 1.63 bits per heavy atom. The van der Waals surface area contributed by atoms with Gasteiger partial charge in [-0.15, -0.1) is 0 Å². The van der Waals surface area contributed by atoms with E-state index in [2.05, 4.69) is 10.2 Å². The van der Waals surface area contributed by atoms with E-state index in [0.29, 0.717) is 19.8 Å². The monoisotopic (exact) mass is 372 g/mol.